The summed E-state index contributed by atoms with van der Waals surface area (Å²) in [5, 5.41) is 0.238. The summed E-state index contributed by atoms with van der Waals surface area (Å²) < 4.78 is 37.8. The maximum atomic E-state index is 12.1. The van der Waals surface area contributed by atoms with Crippen LogP contribution >= 0.6 is 11.6 Å². The fourth-order valence-electron chi connectivity index (χ4n) is 2.27. The normalized spacial score (nSPS) is 18.7. The van der Waals surface area contributed by atoms with Crippen molar-refractivity contribution in [3.63, 3.8) is 0 Å². The van der Waals surface area contributed by atoms with Gasteiger partial charge >= 0.3 is 0 Å². The Hall–Kier alpha value is -0.660. The highest BCUT2D eigenvalue weighted by Gasteiger charge is 2.17. The first-order valence-electron chi connectivity index (χ1n) is 7.44. The van der Waals surface area contributed by atoms with Gasteiger partial charge in [0.2, 0.25) is 10.0 Å². The van der Waals surface area contributed by atoms with Gasteiger partial charge < -0.3 is 9.47 Å². The predicted octanol–water partition coefficient (Wildman–Crippen LogP) is 2.51. The topological polar surface area (TPSA) is 64.6 Å². The summed E-state index contributed by atoms with van der Waals surface area (Å²) in [4.78, 5) is 0.111. The number of hydrogen-bond donors (Lipinski definition) is 1. The van der Waals surface area contributed by atoms with E-state index in [2.05, 4.69) is 4.72 Å². The van der Waals surface area contributed by atoms with E-state index >= 15 is 0 Å². The van der Waals surface area contributed by atoms with Crippen LogP contribution < -0.4 is 4.72 Å². The van der Waals surface area contributed by atoms with Gasteiger partial charge in [-0.2, -0.15) is 0 Å². The molecule has 0 saturated carbocycles. The molecular weight excluding hydrogens is 326 g/mol. The largest absolute Gasteiger partial charge is 0.379 e. The van der Waals surface area contributed by atoms with Gasteiger partial charge in [-0.15, -0.1) is 0 Å². The van der Waals surface area contributed by atoms with Crippen molar-refractivity contribution in [2.75, 3.05) is 26.4 Å². The van der Waals surface area contributed by atoms with E-state index in [1.807, 2.05) is 6.92 Å². The van der Waals surface area contributed by atoms with Gasteiger partial charge in [0.15, 0.2) is 0 Å². The highest BCUT2D eigenvalue weighted by atomic mass is 35.5. The number of halogens is 1. The minimum atomic E-state index is -3.57. The average molecular weight is 348 g/mol. The van der Waals surface area contributed by atoms with E-state index in [4.69, 9.17) is 21.1 Å². The van der Waals surface area contributed by atoms with Gasteiger partial charge in [-0.1, -0.05) is 17.7 Å². The molecule has 0 aliphatic carbocycles. The van der Waals surface area contributed by atoms with E-state index < -0.39 is 10.0 Å². The lowest BCUT2D eigenvalue weighted by atomic mass is 10.2. The lowest BCUT2D eigenvalue weighted by molar-refractivity contribution is 0.0169. The Balaban J connectivity index is 1.71. The second-order valence-corrected chi connectivity index (χ2v) is 7.54. The van der Waals surface area contributed by atoms with Crippen molar-refractivity contribution in [3.8, 4) is 0 Å². The molecule has 7 heteroatoms. The number of aryl methyl sites for hydroxylation is 1. The first-order chi connectivity index (χ1) is 10.5. The molecule has 1 heterocycles. The number of hydrogen-bond acceptors (Lipinski definition) is 4. The molecule has 1 aromatic carbocycles. The zero-order valence-electron chi connectivity index (χ0n) is 12.7. The van der Waals surface area contributed by atoms with Gasteiger partial charge in [-0.25, -0.2) is 13.1 Å². The maximum Gasteiger partial charge on any atom is 0.242 e. The molecule has 0 radical (unpaired) electrons. The first kappa shape index (κ1) is 17.7. The molecule has 0 spiro atoms. The van der Waals surface area contributed by atoms with Crippen molar-refractivity contribution in [1.29, 1.82) is 0 Å². The van der Waals surface area contributed by atoms with Crippen LogP contribution in [0.5, 0.6) is 0 Å². The van der Waals surface area contributed by atoms with Crippen molar-refractivity contribution < 1.29 is 17.9 Å². The fourth-order valence-corrected chi connectivity index (χ4v) is 3.94. The Morgan fingerprint density at radius 1 is 1.45 bits per heavy atom. The number of benzene rings is 1. The van der Waals surface area contributed by atoms with Gasteiger partial charge in [0.25, 0.3) is 0 Å². The zero-order chi connectivity index (χ0) is 16.0. The molecule has 0 amide bonds. The molecule has 2 rings (SSSR count). The van der Waals surface area contributed by atoms with Crippen LogP contribution in [0, 0.1) is 6.92 Å². The standard InChI is InChI=1S/C15H22ClNO4S/c1-12-5-6-15(14(16)10-12)22(18,19)17-7-3-8-20-11-13-4-2-9-21-13/h5-6,10,13,17H,2-4,7-9,11H2,1H3. The Kier molecular flexibility index (Phi) is 6.65. The number of rotatable bonds is 8. The monoisotopic (exact) mass is 347 g/mol. The first-order valence-corrected chi connectivity index (χ1v) is 9.30. The number of ether oxygens (including phenoxy) is 2. The summed E-state index contributed by atoms with van der Waals surface area (Å²) in [7, 11) is -3.57. The van der Waals surface area contributed by atoms with Crippen LogP contribution in [0.1, 0.15) is 24.8 Å². The third kappa shape index (κ3) is 5.21. The molecule has 1 aromatic rings. The van der Waals surface area contributed by atoms with Crippen LogP contribution in [0.3, 0.4) is 0 Å². The molecule has 1 aliphatic rings. The number of nitrogens with one attached hydrogen (secondary N) is 1. The van der Waals surface area contributed by atoms with Crippen LogP contribution in [0.25, 0.3) is 0 Å². The van der Waals surface area contributed by atoms with Crippen LogP contribution in [0.15, 0.2) is 23.1 Å². The number of sulfonamides is 1. The summed E-state index contributed by atoms with van der Waals surface area (Å²) in [6.07, 6.45) is 2.93. The SMILES string of the molecule is Cc1ccc(S(=O)(=O)NCCCOCC2CCCO2)c(Cl)c1. The molecule has 1 aliphatic heterocycles. The van der Waals surface area contributed by atoms with Crippen LogP contribution in [-0.2, 0) is 19.5 Å². The molecule has 22 heavy (non-hydrogen) atoms. The zero-order valence-corrected chi connectivity index (χ0v) is 14.3. The quantitative estimate of drug-likeness (QED) is 0.734. The minimum absolute atomic E-state index is 0.111. The van der Waals surface area contributed by atoms with Crippen LogP contribution in [0.2, 0.25) is 5.02 Å². The molecule has 1 unspecified atom stereocenters. The lowest BCUT2D eigenvalue weighted by Gasteiger charge is -2.11. The Labute approximate surface area is 137 Å². The highest BCUT2D eigenvalue weighted by molar-refractivity contribution is 7.89. The summed E-state index contributed by atoms with van der Waals surface area (Å²) in [6.45, 7) is 4.07. The van der Waals surface area contributed by atoms with Gasteiger partial charge in [-0.05, 0) is 43.9 Å². The second kappa shape index (κ2) is 8.26. The van der Waals surface area contributed by atoms with Crippen LogP contribution in [-0.4, -0.2) is 40.9 Å². The fraction of sp³-hybridized carbons (Fsp3) is 0.600. The molecule has 124 valence electrons. The summed E-state index contributed by atoms with van der Waals surface area (Å²) >= 11 is 5.99. The van der Waals surface area contributed by atoms with Crippen molar-refractivity contribution in [1.82, 2.24) is 4.72 Å². The second-order valence-electron chi connectivity index (χ2n) is 5.40. The maximum absolute atomic E-state index is 12.1. The third-order valence-electron chi connectivity index (χ3n) is 3.46. The van der Waals surface area contributed by atoms with E-state index in [0.717, 1.165) is 25.0 Å². The highest BCUT2D eigenvalue weighted by Crippen LogP contribution is 2.22. The van der Waals surface area contributed by atoms with Crippen molar-refractivity contribution in [2.45, 2.75) is 37.2 Å². The van der Waals surface area contributed by atoms with Gasteiger partial charge in [0, 0.05) is 19.8 Å². The van der Waals surface area contributed by atoms with E-state index in [0.29, 0.717) is 26.2 Å². The molecule has 0 bridgehead atoms. The van der Waals surface area contributed by atoms with Crippen molar-refractivity contribution in [3.05, 3.63) is 28.8 Å². The van der Waals surface area contributed by atoms with Gasteiger partial charge in [-0.3, -0.25) is 0 Å². The molecule has 5 nitrogen and oxygen atoms in total. The Bertz CT molecular complexity index is 585. The smallest absolute Gasteiger partial charge is 0.242 e. The Morgan fingerprint density at radius 3 is 2.95 bits per heavy atom. The van der Waals surface area contributed by atoms with E-state index in [1.54, 1.807) is 12.1 Å². The lowest BCUT2D eigenvalue weighted by Crippen LogP contribution is -2.26. The summed E-state index contributed by atoms with van der Waals surface area (Å²) in [5.74, 6) is 0. The predicted molar refractivity (Wildman–Crippen MR) is 85.8 cm³/mol. The molecule has 1 saturated heterocycles. The van der Waals surface area contributed by atoms with E-state index in [-0.39, 0.29) is 16.0 Å². The van der Waals surface area contributed by atoms with E-state index in [1.165, 1.54) is 6.07 Å². The van der Waals surface area contributed by atoms with Crippen LogP contribution in [0.4, 0.5) is 0 Å². The Morgan fingerprint density at radius 2 is 2.27 bits per heavy atom. The molecule has 1 atom stereocenters. The molecule has 1 fully saturated rings. The van der Waals surface area contributed by atoms with E-state index in [9.17, 15) is 8.42 Å². The summed E-state index contributed by atoms with van der Waals surface area (Å²) in [5.41, 5.74) is 0.923. The van der Waals surface area contributed by atoms with Crippen molar-refractivity contribution in [2.24, 2.45) is 0 Å². The molecular formula is C15H22ClNO4S. The van der Waals surface area contributed by atoms with Gasteiger partial charge in [0.1, 0.15) is 4.90 Å². The summed E-state index contributed by atoms with van der Waals surface area (Å²) in [6, 6.07) is 4.89. The van der Waals surface area contributed by atoms with Crippen molar-refractivity contribution >= 4 is 21.6 Å². The minimum Gasteiger partial charge on any atom is -0.379 e. The molecule has 0 aromatic heterocycles. The average Bonchev–Trinajstić information content (AvgIpc) is 2.95. The molecule has 1 N–H and O–H groups in total. The third-order valence-corrected chi connectivity index (χ3v) is 5.41. The van der Waals surface area contributed by atoms with Gasteiger partial charge in [0.05, 0.1) is 17.7 Å².